The molecule has 0 saturated carbocycles. The Morgan fingerprint density at radius 1 is 1.39 bits per heavy atom. The van der Waals surface area contributed by atoms with E-state index in [1.165, 1.54) is 0 Å². The first-order valence-corrected chi connectivity index (χ1v) is 6.00. The van der Waals surface area contributed by atoms with Crippen LogP contribution in [0.2, 0.25) is 0 Å². The number of aromatic nitrogens is 1. The molecule has 0 aliphatic heterocycles. The summed E-state index contributed by atoms with van der Waals surface area (Å²) in [6.45, 7) is 1.92. The molecule has 94 valence electrons. The Morgan fingerprint density at radius 2 is 2.11 bits per heavy atom. The smallest absolute Gasteiger partial charge is 0.250 e. The summed E-state index contributed by atoms with van der Waals surface area (Å²) in [4.78, 5) is 16.1. The Hall–Kier alpha value is -1.94. The molecule has 4 heteroatoms. The first-order chi connectivity index (χ1) is 8.69. The zero-order valence-corrected chi connectivity index (χ0v) is 10.3. The molecule has 0 unspecified atom stereocenters. The molecule has 1 amide bonds. The highest BCUT2D eigenvalue weighted by molar-refractivity contribution is 6.00. The third-order valence-corrected chi connectivity index (χ3v) is 3.02. The number of aliphatic hydroxyl groups is 1. The molecule has 3 N–H and O–H groups in total. The number of pyridine rings is 1. The first-order valence-electron chi connectivity index (χ1n) is 6.00. The zero-order chi connectivity index (χ0) is 13.1. The van der Waals surface area contributed by atoms with Gasteiger partial charge in [0.25, 0.3) is 5.91 Å². The molecule has 18 heavy (non-hydrogen) atoms. The lowest BCUT2D eigenvalue weighted by Crippen LogP contribution is -2.18. The van der Waals surface area contributed by atoms with Gasteiger partial charge in [-0.1, -0.05) is 25.1 Å². The largest absolute Gasteiger partial charge is 0.396 e. The average molecular weight is 244 g/mol. The summed E-state index contributed by atoms with van der Waals surface area (Å²) in [5.41, 5.74) is 8.25. The van der Waals surface area contributed by atoms with Crippen molar-refractivity contribution in [1.29, 1.82) is 0 Å². The SMILES string of the molecule is CCc1nc2ccccc2c(CCO)c1C(N)=O. The lowest BCUT2D eigenvalue weighted by molar-refractivity contribution is 0.0998. The van der Waals surface area contributed by atoms with Gasteiger partial charge in [-0.3, -0.25) is 9.78 Å². The third-order valence-electron chi connectivity index (χ3n) is 3.02. The fourth-order valence-corrected chi connectivity index (χ4v) is 2.25. The number of primary amides is 1. The molecule has 0 radical (unpaired) electrons. The maximum absolute atomic E-state index is 11.6. The number of rotatable bonds is 4. The Bertz CT molecular complexity index is 594. The Balaban J connectivity index is 2.84. The number of hydrogen-bond acceptors (Lipinski definition) is 3. The molecule has 1 aromatic carbocycles. The summed E-state index contributed by atoms with van der Waals surface area (Å²) in [7, 11) is 0. The monoisotopic (exact) mass is 244 g/mol. The van der Waals surface area contributed by atoms with Gasteiger partial charge in [0, 0.05) is 12.0 Å². The van der Waals surface area contributed by atoms with Crippen LogP contribution in [0, 0.1) is 0 Å². The number of hydrogen-bond donors (Lipinski definition) is 2. The number of carbonyl (C=O) groups excluding carboxylic acids is 1. The predicted octanol–water partition coefficient (Wildman–Crippen LogP) is 1.43. The Kier molecular flexibility index (Phi) is 3.58. The lowest BCUT2D eigenvalue weighted by atomic mass is 9.96. The van der Waals surface area contributed by atoms with E-state index in [1.807, 2.05) is 31.2 Å². The van der Waals surface area contributed by atoms with Gasteiger partial charge in [-0.05, 0) is 24.5 Å². The molecule has 0 fully saturated rings. The highest BCUT2D eigenvalue weighted by atomic mass is 16.3. The molecule has 0 atom stereocenters. The maximum atomic E-state index is 11.6. The van der Waals surface area contributed by atoms with Gasteiger partial charge in [0.1, 0.15) is 0 Å². The van der Waals surface area contributed by atoms with E-state index in [-0.39, 0.29) is 6.61 Å². The molecule has 0 saturated heterocycles. The number of benzene rings is 1. The molecule has 2 aromatic rings. The van der Waals surface area contributed by atoms with Crippen molar-refractivity contribution in [2.45, 2.75) is 19.8 Å². The molecule has 2 rings (SSSR count). The van der Waals surface area contributed by atoms with Crippen molar-refractivity contribution in [3.8, 4) is 0 Å². The van der Waals surface area contributed by atoms with Crippen molar-refractivity contribution in [1.82, 2.24) is 4.98 Å². The number of aryl methyl sites for hydroxylation is 1. The normalized spacial score (nSPS) is 10.8. The molecule has 0 aliphatic carbocycles. The van der Waals surface area contributed by atoms with Crippen LogP contribution in [0.25, 0.3) is 10.9 Å². The van der Waals surface area contributed by atoms with Crippen LogP contribution < -0.4 is 5.73 Å². The molecule has 1 heterocycles. The summed E-state index contributed by atoms with van der Waals surface area (Å²) in [5.74, 6) is -0.478. The van der Waals surface area contributed by atoms with Gasteiger partial charge in [-0.2, -0.15) is 0 Å². The van der Waals surface area contributed by atoms with Crippen LogP contribution in [0.15, 0.2) is 24.3 Å². The molecular formula is C14H16N2O2. The van der Waals surface area contributed by atoms with Gasteiger partial charge in [0.2, 0.25) is 0 Å². The Morgan fingerprint density at radius 3 is 2.72 bits per heavy atom. The van der Waals surface area contributed by atoms with Crippen molar-refractivity contribution < 1.29 is 9.90 Å². The van der Waals surface area contributed by atoms with Crippen molar-refractivity contribution >= 4 is 16.8 Å². The number of carbonyl (C=O) groups is 1. The second-order valence-corrected chi connectivity index (χ2v) is 4.12. The topological polar surface area (TPSA) is 76.2 Å². The predicted molar refractivity (Wildman–Crippen MR) is 70.4 cm³/mol. The standard InChI is InChI=1S/C14H16N2O2/c1-2-11-13(14(15)18)10(7-8-17)9-5-3-4-6-12(9)16-11/h3-6,17H,2,7-8H2,1H3,(H2,15,18). The summed E-state index contributed by atoms with van der Waals surface area (Å²) in [6.07, 6.45) is 1.05. The number of aliphatic hydroxyl groups excluding tert-OH is 1. The van der Waals surface area contributed by atoms with Crippen molar-refractivity contribution in [2.24, 2.45) is 5.73 Å². The summed E-state index contributed by atoms with van der Waals surface area (Å²) in [5, 5.41) is 10.1. The van der Waals surface area contributed by atoms with Crippen LogP contribution in [-0.4, -0.2) is 22.6 Å². The van der Waals surface area contributed by atoms with Gasteiger partial charge >= 0.3 is 0 Å². The van der Waals surface area contributed by atoms with Crippen LogP contribution in [0.5, 0.6) is 0 Å². The van der Waals surface area contributed by atoms with Crippen molar-refractivity contribution in [2.75, 3.05) is 6.61 Å². The summed E-state index contributed by atoms with van der Waals surface area (Å²) in [6, 6.07) is 7.60. The number of amides is 1. The van der Waals surface area contributed by atoms with E-state index in [9.17, 15) is 9.90 Å². The first kappa shape index (κ1) is 12.5. The second-order valence-electron chi connectivity index (χ2n) is 4.12. The fraction of sp³-hybridized carbons (Fsp3) is 0.286. The summed E-state index contributed by atoms with van der Waals surface area (Å²) >= 11 is 0. The van der Waals surface area contributed by atoms with Crippen molar-refractivity contribution in [3.63, 3.8) is 0 Å². The number of fused-ring (bicyclic) bond motifs is 1. The van der Waals surface area contributed by atoms with Gasteiger partial charge in [0.15, 0.2) is 0 Å². The molecule has 4 nitrogen and oxygen atoms in total. The number of para-hydroxylation sites is 1. The van der Waals surface area contributed by atoms with Crippen LogP contribution >= 0.6 is 0 Å². The molecule has 0 bridgehead atoms. The minimum atomic E-state index is -0.478. The minimum absolute atomic E-state index is 0.0164. The zero-order valence-electron chi connectivity index (χ0n) is 10.3. The van der Waals surface area contributed by atoms with E-state index in [2.05, 4.69) is 4.98 Å². The van der Waals surface area contributed by atoms with Crippen LogP contribution in [0.3, 0.4) is 0 Å². The highest BCUT2D eigenvalue weighted by Gasteiger charge is 2.17. The average Bonchev–Trinajstić information content (AvgIpc) is 2.38. The number of nitrogens with two attached hydrogens (primary N) is 1. The fourth-order valence-electron chi connectivity index (χ4n) is 2.25. The second kappa shape index (κ2) is 5.14. The quantitative estimate of drug-likeness (QED) is 0.854. The molecule has 0 spiro atoms. The molecular weight excluding hydrogens is 228 g/mol. The van der Waals surface area contributed by atoms with Crippen molar-refractivity contribution in [3.05, 3.63) is 41.1 Å². The summed E-state index contributed by atoms with van der Waals surface area (Å²) < 4.78 is 0. The minimum Gasteiger partial charge on any atom is -0.396 e. The highest BCUT2D eigenvalue weighted by Crippen LogP contribution is 2.24. The van der Waals surface area contributed by atoms with E-state index in [1.54, 1.807) is 0 Å². The molecule has 1 aromatic heterocycles. The van der Waals surface area contributed by atoms with E-state index in [0.717, 1.165) is 16.5 Å². The van der Waals surface area contributed by atoms with Gasteiger partial charge in [-0.15, -0.1) is 0 Å². The van der Waals surface area contributed by atoms with Gasteiger partial charge in [0.05, 0.1) is 16.8 Å². The lowest BCUT2D eigenvalue weighted by Gasteiger charge is -2.13. The van der Waals surface area contributed by atoms with Gasteiger partial charge in [-0.25, -0.2) is 0 Å². The third kappa shape index (κ3) is 2.07. The van der Waals surface area contributed by atoms with E-state index in [0.29, 0.717) is 24.1 Å². The van der Waals surface area contributed by atoms with E-state index in [4.69, 9.17) is 5.73 Å². The van der Waals surface area contributed by atoms with Crippen LogP contribution in [0.1, 0.15) is 28.5 Å². The van der Waals surface area contributed by atoms with Crippen LogP contribution in [-0.2, 0) is 12.8 Å². The van der Waals surface area contributed by atoms with Crippen LogP contribution in [0.4, 0.5) is 0 Å². The molecule has 0 aliphatic rings. The Labute approximate surface area is 105 Å². The van der Waals surface area contributed by atoms with E-state index >= 15 is 0 Å². The number of nitrogens with zero attached hydrogens (tertiary/aromatic N) is 1. The van der Waals surface area contributed by atoms with Gasteiger partial charge < -0.3 is 10.8 Å². The maximum Gasteiger partial charge on any atom is 0.250 e. The van der Waals surface area contributed by atoms with E-state index < -0.39 is 5.91 Å².